The largest absolute Gasteiger partial charge is 0.399 e. The van der Waals surface area contributed by atoms with Gasteiger partial charge < -0.3 is 10.6 Å². The molecule has 1 atom stereocenters. The molecule has 0 aromatic heterocycles. The molecule has 14 heavy (non-hydrogen) atoms. The monoisotopic (exact) mass is 196 g/mol. The van der Waals surface area contributed by atoms with E-state index in [1.165, 1.54) is 18.9 Å². The molecule has 4 heteroatoms. The molecule has 0 aliphatic rings. The van der Waals surface area contributed by atoms with Crippen molar-refractivity contribution in [2.24, 2.45) is 0 Å². The number of anilines is 2. The molecule has 0 radical (unpaired) electrons. The Hall–Kier alpha value is -1.58. The summed E-state index contributed by atoms with van der Waals surface area (Å²) >= 11 is 0. The summed E-state index contributed by atoms with van der Waals surface area (Å²) in [6.07, 6.45) is -1.49. The average Bonchev–Trinajstić information content (AvgIpc) is 2.16. The number of hydrogen-bond donors (Lipinski definition) is 1. The van der Waals surface area contributed by atoms with E-state index in [9.17, 15) is 9.18 Å². The van der Waals surface area contributed by atoms with Gasteiger partial charge in [0.2, 0.25) is 0 Å². The van der Waals surface area contributed by atoms with Crippen molar-refractivity contribution < 1.29 is 9.18 Å². The molecule has 1 amide bonds. The van der Waals surface area contributed by atoms with Gasteiger partial charge in [0.15, 0.2) is 6.17 Å². The van der Waals surface area contributed by atoms with Crippen LogP contribution in [0.1, 0.15) is 6.92 Å². The lowest BCUT2D eigenvalue weighted by atomic mass is 10.2. The van der Waals surface area contributed by atoms with Gasteiger partial charge in [-0.25, -0.2) is 4.39 Å². The number of amides is 1. The molecule has 1 aromatic carbocycles. The summed E-state index contributed by atoms with van der Waals surface area (Å²) in [4.78, 5) is 12.5. The Morgan fingerprint density at radius 2 is 1.93 bits per heavy atom. The Kier molecular flexibility index (Phi) is 3.06. The molecule has 2 N–H and O–H groups in total. The number of carbonyl (C=O) groups is 1. The number of nitrogens with zero attached hydrogens (tertiary/aromatic N) is 1. The van der Waals surface area contributed by atoms with Crippen LogP contribution in [-0.2, 0) is 4.79 Å². The first-order chi connectivity index (χ1) is 6.52. The maximum absolute atomic E-state index is 12.7. The molecule has 0 saturated heterocycles. The molecule has 0 heterocycles. The van der Waals surface area contributed by atoms with Crippen LogP contribution >= 0.6 is 0 Å². The van der Waals surface area contributed by atoms with E-state index in [-0.39, 0.29) is 0 Å². The Balaban J connectivity index is 2.84. The summed E-state index contributed by atoms with van der Waals surface area (Å²) < 4.78 is 12.7. The van der Waals surface area contributed by atoms with Gasteiger partial charge in [-0.1, -0.05) is 0 Å². The third kappa shape index (κ3) is 2.22. The quantitative estimate of drug-likeness (QED) is 0.730. The highest BCUT2D eigenvalue weighted by atomic mass is 19.1. The molecule has 0 aliphatic heterocycles. The van der Waals surface area contributed by atoms with Crippen LogP contribution in [0.15, 0.2) is 24.3 Å². The summed E-state index contributed by atoms with van der Waals surface area (Å²) in [5.41, 5.74) is 6.73. The molecule has 76 valence electrons. The van der Waals surface area contributed by atoms with E-state index in [4.69, 9.17) is 5.73 Å². The van der Waals surface area contributed by atoms with E-state index in [0.717, 1.165) is 0 Å². The van der Waals surface area contributed by atoms with Gasteiger partial charge in [-0.3, -0.25) is 4.79 Å². The number of nitrogen functional groups attached to an aromatic ring is 1. The maximum Gasteiger partial charge on any atom is 0.260 e. The number of nitrogens with two attached hydrogens (primary N) is 1. The zero-order valence-electron chi connectivity index (χ0n) is 8.20. The summed E-state index contributed by atoms with van der Waals surface area (Å²) in [6.45, 7) is 1.22. The molecule has 0 aliphatic carbocycles. The van der Waals surface area contributed by atoms with Gasteiger partial charge in [-0.15, -0.1) is 0 Å². The normalized spacial score (nSPS) is 12.2. The van der Waals surface area contributed by atoms with E-state index >= 15 is 0 Å². The molecule has 1 aromatic rings. The van der Waals surface area contributed by atoms with Crippen molar-refractivity contribution in [1.29, 1.82) is 0 Å². The molecule has 0 spiro atoms. The summed E-state index contributed by atoms with van der Waals surface area (Å²) in [6, 6.07) is 6.69. The van der Waals surface area contributed by atoms with Crippen LogP contribution in [0.2, 0.25) is 0 Å². The molecular formula is C10H13FN2O. The van der Waals surface area contributed by atoms with Crippen LogP contribution in [0.25, 0.3) is 0 Å². The standard InChI is InChI=1S/C10H13FN2O/c1-7(11)10(14)13(2)9-5-3-8(12)4-6-9/h3-7H,12H2,1-2H3. The lowest BCUT2D eigenvalue weighted by Gasteiger charge is -2.17. The van der Waals surface area contributed by atoms with Crippen molar-refractivity contribution in [3.8, 4) is 0 Å². The summed E-state index contributed by atoms with van der Waals surface area (Å²) in [5.74, 6) is -0.560. The Bertz CT molecular complexity index is 321. The second-order valence-electron chi connectivity index (χ2n) is 3.10. The van der Waals surface area contributed by atoms with Gasteiger partial charge >= 0.3 is 0 Å². The average molecular weight is 196 g/mol. The lowest BCUT2D eigenvalue weighted by molar-refractivity contribution is -0.122. The molecule has 0 bridgehead atoms. The smallest absolute Gasteiger partial charge is 0.260 e. The Morgan fingerprint density at radius 1 is 1.43 bits per heavy atom. The van der Waals surface area contributed by atoms with Gasteiger partial charge in [0.25, 0.3) is 5.91 Å². The number of carbonyl (C=O) groups excluding carboxylic acids is 1. The second-order valence-corrected chi connectivity index (χ2v) is 3.10. The van der Waals surface area contributed by atoms with Gasteiger partial charge in [0.1, 0.15) is 0 Å². The molecular weight excluding hydrogens is 183 g/mol. The van der Waals surface area contributed by atoms with E-state index in [0.29, 0.717) is 11.4 Å². The molecule has 3 nitrogen and oxygen atoms in total. The fourth-order valence-electron chi connectivity index (χ4n) is 1.09. The Morgan fingerprint density at radius 3 is 2.36 bits per heavy atom. The van der Waals surface area contributed by atoms with Crippen LogP contribution in [0.4, 0.5) is 15.8 Å². The minimum absolute atomic E-state index is 0.560. The van der Waals surface area contributed by atoms with E-state index in [1.807, 2.05) is 0 Å². The number of hydrogen-bond acceptors (Lipinski definition) is 2. The third-order valence-electron chi connectivity index (χ3n) is 1.95. The van der Waals surface area contributed by atoms with Gasteiger partial charge in [-0.2, -0.15) is 0 Å². The minimum Gasteiger partial charge on any atom is -0.399 e. The predicted molar refractivity (Wildman–Crippen MR) is 54.8 cm³/mol. The maximum atomic E-state index is 12.7. The fourth-order valence-corrected chi connectivity index (χ4v) is 1.09. The van der Waals surface area contributed by atoms with Crippen molar-refractivity contribution in [2.45, 2.75) is 13.1 Å². The second kappa shape index (κ2) is 4.09. The molecule has 1 rings (SSSR count). The van der Waals surface area contributed by atoms with Crippen LogP contribution in [0.3, 0.4) is 0 Å². The van der Waals surface area contributed by atoms with E-state index in [1.54, 1.807) is 24.3 Å². The number of benzene rings is 1. The predicted octanol–water partition coefficient (Wildman–Crippen LogP) is 1.59. The van der Waals surface area contributed by atoms with Gasteiger partial charge in [-0.05, 0) is 31.2 Å². The van der Waals surface area contributed by atoms with Crippen molar-refractivity contribution in [1.82, 2.24) is 0 Å². The number of alkyl halides is 1. The van der Waals surface area contributed by atoms with Gasteiger partial charge in [0, 0.05) is 18.4 Å². The highest BCUT2D eigenvalue weighted by Gasteiger charge is 2.17. The topological polar surface area (TPSA) is 46.3 Å². The number of rotatable bonds is 2. The molecule has 0 saturated carbocycles. The van der Waals surface area contributed by atoms with Crippen molar-refractivity contribution in [3.05, 3.63) is 24.3 Å². The SMILES string of the molecule is CC(F)C(=O)N(C)c1ccc(N)cc1. The van der Waals surface area contributed by atoms with Crippen molar-refractivity contribution >= 4 is 17.3 Å². The molecule has 0 fully saturated rings. The van der Waals surface area contributed by atoms with Gasteiger partial charge in [0.05, 0.1) is 0 Å². The van der Waals surface area contributed by atoms with E-state index < -0.39 is 12.1 Å². The lowest BCUT2D eigenvalue weighted by Crippen LogP contribution is -2.32. The van der Waals surface area contributed by atoms with Crippen LogP contribution in [0.5, 0.6) is 0 Å². The first-order valence-corrected chi connectivity index (χ1v) is 4.29. The summed E-state index contributed by atoms with van der Waals surface area (Å²) in [7, 11) is 1.53. The van der Waals surface area contributed by atoms with Crippen LogP contribution in [0, 0.1) is 0 Å². The third-order valence-corrected chi connectivity index (χ3v) is 1.95. The zero-order chi connectivity index (χ0) is 10.7. The first-order valence-electron chi connectivity index (χ1n) is 4.29. The minimum atomic E-state index is -1.49. The Labute approximate surface area is 82.3 Å². The first kappa shape index (κ1) is 10.5. The van der Waals surface area contributed by atoms with Crippen LogP contribution in [-0.4, -0.2) is 19.1 Å². The summed E-state index contributed by atoms with van der Waals surface area (Å²) in [5, 5.41) is 0. The van der Waals surface area contributed by atoms with Crippen LogP contribution < -0.4 is 10.6 Å². The number of halogens is 1. The fraction of sp³-hybridized carbons (Fsp3) is 0.300. The van der Waals surface area contributed by atoms with Crippen molar-refractivity contribution in [2.75, 3.05) is 17.7 Å². The highest BCUT2D eigenvalue weighted by molar-refractivity contribution is 5.95. The van der Waals surface area contributed by atoms with Crippen molar-refractivity contribution in [3.63, 3.8) is 0 Å². The highest BCUT2D eigenvalue weighted by Crippen LogP contribution is 2.15. The zero-order valence-corrected chi connectivity index (χ0v) is 8.20. The molecule has 1 unspecified atom stereocenters. The van der Waals surface area contributed by atoms with E-state index in [2.05, 4.69) is 0 Å².